The summed E-state index contributed by atoms with van der Waals surface area (Å²) in [6.07, 6.45) is 3.92. The Hall–Kier alpha value is -1.81. The van der Waals surface area contributed by atoms with Crippen LogP contribution in [0.1, 0.15) is 49.8 Å². The van der Waals surface area contributed by atoms with Crippen LogP contribution in [-0.4, -0.2) is 40.6 Å². The number of carboxylic acids is 1. The van der Waals surface area contributed by atoms with E-state index in [9.17, 15) is 9.90 Å². The first-order chi connectivity index (χ1) is 11.3. The van der Waals surface area contributed by atoms with E-state index in [2.05, 4.69) is 56.0 Å². The number of likely N-dealkylation sites (tertiary alicyclic amines) is 1. The van der Waals surface area contributed by atoms with Gasteiger partial charge >= 0.3 is 5.97 Å². The van der Waals surface area contributed by atoms with Crippen molar-refractivity contribution in [1.29, 1.82) is 0 Å². The molecule has 1 aliphatic carbocycles. The number of benzene rings is 1. The largest absolute Gasteiger partial charge is 0.481 e. The van der Waals surface area contributed by atoms with E-state index in [0.717, 1.165) is 12.8 Å². The molecule has 0 amide bonds. The average Bonchev–Trinajstić information content (AvgIpc) is 2.92. The van der Waals surface area contributed by atoms with Crippen molar-refractivity contribution in [3.8, 4) is 0 Å². The molecule has 4 heteroatoms. The highest BCUT2D eigenvalue weighted by atomic mass is 16.4. The Morgan fingerprint density at radius 1 is 1.33 bits per heavy atom. The van der Waals surface area contributed by atoms with Crippen molar-refractivity contribution >= 4 is 16.9 Å². The Bertz CT molecular complexity index is 815. The first-order valence-electron chi connectivity index (χ1n) is 8.83. The van der Waals surface area contributed by atoms with E-state index in [-0.39, 0.29) is 11.3 Å². The molecular formula is C20H26N2O2. The Balaban J connectivity index is 1.87. The van der Waals surface area contributed by atoms with Gasteiger partial charge in [-0.2, -0.15) is 0 Å². The average molecular weight is 326 g/mol. The monoisotopic (exact) mass is 326 g/mol. The Kier molecular flexibility index (Phi) is 3.33. The van der Waals surface area contributed by atoms with E-state index in [4.69, 9.17) is 0 Å². The molecule has 2 N–H and O–H groups in total. The molecule has 0 spiro atoms. The normalized spacial score (nSPS) is 27.2. The standard InChI is InChI=1S/C20H26N2O2/c1-20(2,3)15-6-5-13-14-7-12(19(23)24)10-22(4)16(14)8-11-9-21-18(15)17(11)13/h5-6,9,12,14,16,21H,7-8,10H2,1-4H3,(H,23,24)/t12?,14-,16-/m1/s1. The van der Waals surface area contributed by atoms with E-state index in [1.165, 1.54) is 27.6 Å². The second-order valence-electron chi connectivity index (χ2n) is 8.60. The third kappa shape index (κ3) is 2.20. The van der Waals surface area contributed by atoms with Gasteiger partial charge in [0.25, 0.3) is 0 Å². The molecule has 4 rings (SSSR count). The number of piperidine rings is 1. The molecule has 1 aromatic carbocycles. The summed E-state index contributed by atoms with van der Waals surface area (Å²) in [5.41, 5.74) is 5.39. The summed E-state index contributed by atoms with van der Waals surface area (Å²) in [6, 6.07) is 4.91. The molecule has 1 aliphatic heterocycles. The van der Waals surface area contributed by atoms with Crippen molar-refractivity contribution in [3.63, 3.8) is 0 Å². The van der Waals surface area contributed by atoms with Crippen molar-refractivity contribution in [2.45, 2.75) is 51.0 Å². The van der Waals surface area contributed by atoms with Gasteiger partial charge in [0, 0.05) is 35.6 Å². The van der Waals surface area contributed by atoms with Crippen molar-refractivity contribution in [2.24, 2.45) is 5.92 Å². The van der Waals surface area contributed by atoms with Gasteiger partial charge in [-0.3, -0.25) is 4.79 Å². The van der Waals surface area contributed by atoms with Crippen LogP contribution >= 0.6 is 0 Å². The SMILES string of the molecule is CN1CC(C(=O)O)C[C@@H]2c3ccc(C(C)(C)C)c4[nH]cc(c34)C[C@H]21. The van der Waals surface area contributed by atoms with Crippen LogP contribution in [0.25, 0.3) is 10.9 Å². The van der Waals surface area contributed by atoms with Crippen molar-refractivity contribution in [2.75, 3.05) is 13.6 Å². The second-order valence-corrected chi connectivity index (χ2v) is 8.60. The maximum Gasteiger partial charge on any atom is 0.307 e. The van der Waals surface area contributed by atoms with E-state index in [1.54, 1.807) is 0 Å². The van der Waals surface area contributed by atoms with Gasteiger partial charge in [-0.1, -0.05) is 32.9 Å². The lowest BCUT2D eigenvalue weighted by Crippen LogP contribution is -2.49. The number of aliphatic carboxylic acids is 1. The van der Waals surface area contributed by atoms with Gasteiger partial charge in [-0.25, -0.2) is 0 Å². The first-order valence-corrected chi connectivity index (χ1v) is 8.83. The molecule has 1 unspecified atom stereocenters. The lowest BCUT2D eigenvalue weighted by Gasteiger charge is -2.44. The fourth-order valence-corrected chi connectivity index (χ4v) is 4.81. The summed E-state index contributed by atoms with van der Waals surface area (Å²) in [4.78, 5) is 17.3. The maximum absolute atomic E-state index is 11.6. The van der Waals surface area contributed by atoms with E-state index < -0.39 is 5.97 Å². The quantitative estimate of drug-likeness (QED) is 0.843. The fourth-order valence-electron chi connectivity index (χ4n) is 4.81. The van der Waals surface area contributed by atoms with E-state index in [0.29, 0.717) is 18.5 Å². The first kappa shape index (κ1) is 15.7. The van der Waals surface area contributed by atoms with Gasteiger partial charge in [0.05, 0.1) is 5.92 Å². The summed E-state index contributed by atoms with van der Waals surface area (Å²) < 4.78 is 0. The molecule has 0 saturated carbocycles. The second kappa shape index (κ2) is 5.09. The van der Waals surface area contributed by atoms with Gasteiger partial charge in [-0.05, 0) is 42.0 Å². The van der Waals surface area contributed by atoms with Crippen LogP contribution in [0.3, 0.4) is 0 Å². The van der Waals surface area contributed by atoms with E-state index in [1.807, 2.05) is 0 Å². The lowest BCUT2D eigenvalue weighted by molar-refractivity contribution is -0.144. The lowest BCUT2D eigenvalue weighted by atomic mass is 9.71. The van der Waals surface area contributed by atoms with Gasteiger partial charge < -0.3 is 15.0 Å². The van der Waals surface area contributed by atoms with E-state index >= 15 is 0 Å². The molecule has 1 fully saturated rings. The summed E-state index contributed by atoms with van der Waals surface area (Å²) in [5.74, 6) is -0.624. The maximum atomic E-state index is 11.6. The highest BCUT2D eigenvalue weighted by molar-refractivity contribution is 5.91. The molecule has 1 aromatic heterocycles. The third-order valence-corrected chi connectivity index (χ3v) is 6.01. The zero-order chi connectivity index (χ0) is 17.2. The summed E-state index contributed by atoms with van der Waals surface area (Å²) >= 11 is 0. The van der Waals surface area contributed by atoms with Crippen LogP contribution in [-0.2, 0) is 16.6 Å². The molecular weight excluding hydrogens is 300 g/mol. The van der Waals surface area contributed by atoms with Crippen LogP contribution in [0.2, 0.25) is 0 Å². The Morgan fingerprint density at radius 2 is 2.08 bits per heavy atom. The number of carbonyl (C=O) groups is 1. The van der Waals surface area contributed by atoms with Gasteiger partial charge in [0.2, 0.25) is 0 Å². The number of carboxylic acid groups (broad SMARTS) is 1. The minimum absolute atomic E-state index is 0.0878. The highest BCUT2D eigenvalue weighted by Crippen LogP contribution is 2.46. The number of hydrogen-bond acceptors (Lipinski definition) is 2. The third-order valence-electron chi connectivity index (χ3n) is 6.01. The number of aromatic nitrogens is 1. The Morgan fingerprint density at radius 3 is 2.75 bits per heavy atom. The van der Waals surface area contributed by atoms with Crippen LogP contribution in [0, 0.1) is 5.92 Å². The zero-order valence-electron chi connectivity index (χ0n) is 14.9. The summed E-state index contributed by atoms with van der Waals surface area (Å²) in [7, 11) is 2.07. The Labute approximate surface area is 142 Å². The van der Waals surface area contributed by atoms with Crippen molar-refractivity contribution in [3.05, 3.63) is 35.0 Å². The summed E-state index contributed by atoms with van der Waals surface area (Å²) in [6.45, 7) is 7.38. The predicted molar refractivity (Wildman–Crippen MR) is 95.6 cm³/mol. The number of nitrogens with zero attached hydrogens (tertiary/aromatic N) is 1. The molecule has 0 bridgehead atoms. The van der Waals surface area contributed by atoms with Crippen LogP contribution < -0.4 is 0 Å². The van der Waals surface area contributed by atoms with Gasteiger partial charge in [0.1, 0.15) is 0 Å². The van der Waals surface area contributed by atoms with Gasteiger partial charge in [0.15, 0.2) is 0 Å². The molecule has 128 valence electrons. The smallest absolute Gasteiger partial charge is 0.307 e. The molecule has 2 aliphatic rings. The fraction of sp³-hybridized carbons (Fsp3) is 0.550. The van der Waals surface area contributed by atoms with Crippen LogP contribution in [0.5, 0.6) is 0 Å². The molecule has 2 aromatic rings. The number of nitrogens with one attached hydrogen (secondary N) is 1. The molecule has 24 heavy (non-hydrogen) atoms. The molecule has 0 radical (unpaired) electrons. The molecule has 2 heterocycles. The number of rotatable bonds is 1. The number of aromatic amines is 1. The minimum atomic E-state index is -0.664. The molecule has 3 atom stereocenters. The van der Waals surface area contributed by atoms with Crippen LogP contribution in [0.15, 0.2) is 18.3 Å². The summed E-state index contributed by atoms with van der Waals surface area (Å²) in [5, 5.41) is 10.9. The number of H-pyrrole nitrogens is 1. The number of fused-ring (bicyclic) bond motifs is 2. The zero-order valence-corrected chi connectivity index (χ0v) is 14.9. The van der Waals surface area contributed by atoms with Crippen molar-refractivity contribution in [1.82, 2.24) is 9.88 Å². The molecule has 4 nitrogen and oxygen atoms in total. The predicted octanol–water partition coefficient (Wildman–Crippen LogP) is 3.51. The van der Waals surface area contributed by atoms with Crippen LogP contribution in [0.4, 0.5) is 0 Å². The molecule has 1 saturated heterocycles. The van der Waals surface area contributed by atoms with Crippen molar-refractivity contribution < 1.29 is 9.90 Å². The highest BCUT2D eigenvalue weighted by Gasteiger charge is 2.41. The number of likely N-dealkylation sites (N-methyl/N-ethyl adjacent to an activating group) is 1. The topological polar surface area (TPSA) is 56.3 Å². The number of hydrogen-bond donors (Lipinski definition) is 2. The minimum Gasteiger partial charge on any atom is -0.481 e. The van der Waals surface area contributed by atoms with Gasteiger partial charge in [-0.15, -0.1) is 0 Å².